The highest BCUT2D eigenvalue weighted by atomic mass is 16.1. The molecule has 2 nitrogen and oxygen atoms in total. The van der Waals surface area contributed by atoms with Crippen LogP contribution in [-0.4, -0.2) is 10.4 Å². The summed E-state index contributed by atoms with van der Waals surface area (Å²) in [5.74, 6) is 0.495. The van der Waals surface area contributed by atoms with E-state index in [1.54, 1.807) is 0 Å². The first-order chi connectivity index (χ1) is 14.3. The SMILES string of the molecule is O=C1CC(c2ccccc2)Cc2c1c(-c1ccccc1)cn2Cc1ccccc1. The van der Waals surface area contributed by atoms with Crippen LogP contribution in [0.5, 0.6) is 0 Å². The Morgan fingerprint density at radius 2 is 1.38 bits per heavy atom. The van der Waals surface area contributed by atoms with Gasteiger partial charge in [-0.3, -0.25) is 4.79 Å². The third-order valence-corrected chi connectivity index (χ3v) is 5.89. The van der Waals surface area contributed by atoms with E-state index in [1.165, 1.54) is 11.1 Å². The van der Waals surface area contributed by atoms with Crippen molar-refractivity contribution in [3.05, 3.63) is 120 Å². The summed E-state index contributed by atoms with van der Waals surface area (Å²) in [5.41, 5.74) is 6.76. The number of hydrogen-bond acceptors (Lipinski definition) is 1. The van der Waals surface area contributed by atoms with Crippen molar-refractivity contribution in [2.24, 2.45) is 0 Å². The van der Waals surface area contributed by atoms with Crippen LogP contribution in [0, 0.1) is 0 Å². The van der Waals surface area contributed by atoms with Crippen molar-refractivity contribution in [2.45, 2.75) is 25.3 Å². The highest BCUT2D eigenvalue weighted by Gasteiger charge is 2.32. The van der Waals surface area contributed by atoms with E-state index in [4.69, 9.17) is 0 Å². The van der Waals surface area contributed by atoms with Crippen molar-refractivity contribution in [3.8, 4) is 11.1 Å². The molecule has 0 amide bonds. The quantitative estimate of drug-likeness (QED) is 0.420. The molecule has 1 atom stereocenters. The van der Waals surface area contributed by atoms with Gasteiger partial charge in [0.15, 0.2) is 5.78 Å². The Bertz CT molecular complexity index is 1130. The van der Waals surface area contributed by atoms with Crippen LogP contribution in [0.4, 0.5) is 0 Å². The largest absolute Gasteiger partial charge is 0.346 e. The first-order valence-corrected chi connectivity index (χ1v) is 10.2. The van der Waals surface area contributed by atoms with Crippen molar-refractivity contribution < 1.29 is 4.79 Å². The second-order valence-electron chi connectivity index (χ2n) is 7.78. The number of fused-ring (bicyclic) bond motifs is 1. The maximum absolute atomic E-state index is 13.3. The summed E-state index contributed by atoms with van der Waals surface area (Å²) < 4.78 is 2.29. The summed E-state index contributed by atoms with van der Waals surface area (Å²) in [4.78, 5) is 13.3. The fraction of sp³-hybridized carbons (Fsp3) is 0.148. The van der Waals surface area contributed by atoms with Gasteiger partial charge in [0.1, 0.15) is 0 Å². The molecule has 0 radical (unpaired) electrons. The molecule has 0 fully saturated rings. The van der Waals surface area contributed by atoms with Crippen LogP contribution < -0.4 is 0 Å². The fourth-order valence-corrected chi connectivity index (χ4v) is 4.48. The monoisotopic (exact) mass is 377 g/mol. The second kappa shape index (κ2) is 7.56. The molecule has 0 saturated carbocycles. The van der Waals surface area contributed by atoms with Crippen LogP contribution in [0.2, 0.25) is 0 Å². The topological polar surface area (TPSA) is 22.0 Å². The molecule has 0 bridgehead atoms. The number of Topliss-reactive ketones (excluding diaryl/α,β-unsaturated/α-hetero) is 1. The third-order valence-electron chi connectivity index (χ3n) is 5.89. The number of nitrogens with zero attached hydrogens (tertiary/aromatic N) is 1. The number of rotatable bonds is 4. The molecule has 1 aliphatic rings. The molecule has 3 aromatic carbocycles. The van der Waals surface area contributed by atoms with E-state index in [-0.39, 0.29) is 11.7 Å². The standard InChI is InChI=1S/C27H23NO/c29-26-17-23(21-12-6-2-7-13-21)16-25-27(26)24(22-14-8-3-9-15-22)19-28(25)18-20-10-4-1-5-11-20/h1-15,19,23H,16-18H2. The van der Waals surface area contributed by atoms with Crippen LogP contribution in [0.25, 0.3) is 11.1 Å². The zero-order valence-electron chi connectivity index (χ0n) is 16.3. The smallest absolute Gasteiger partial charge is 0.165 e. The van der Waals surface area contributed by atoms with Crippen LogP contribution in [0.15, 0.2) is 97.2 Å². The molecule has 1 unspecified atom stereocenters. The number of carbonyl (C=O) groups is 1. The van der Waals surface area contributed by atoms with Gasteiger partial charge in [0.2, 0.25) is 0 Å². The lowest BCUT2D eigenvalue weighted by molar-refractivity contribution is 0.0964. The summed E-state index contributed by atoms with van der Waals surface area (Å²) >= 11 is 0. The van der Waals surface area contributed by atoms with Gasteiger partial charge >= 0.3 is 0 Å². The first-order valence-electron chi connectivity index (χ1n) is 10.2. The molecular formula is C27H23NO. The van der Waals surface area contributed by atoms with Crippen molar-refractivity contribution >= 4 is 5.78 Å². The number of ketones is 1. The average molecular weight is 377 g/mol. The van der Waals surface area contributed by atoms with Crippen LogP contribution in [0.3, 0.4) is 0 Å². The molecule has 0 spiro atoms. The highest BCUT2D eigenvalue weighted by Crippen LogP contribution is 2.39. The van der Waals surface area contributed by atoms with E-state index in [0.717, 1.165) is 35.3 Å². The third kappa shape index (κ3) is 3.42. The Morgan fingerprint density at radius 1 is 0.759 bits per heavy atom. The van der Waals surface area contributed by atoms with E-state index < -0.39 is 0 Å². The maximum atomic E-state index is 13.3. The normalized spacial score (nSPS) is 15.9. The van der Waals surface area contributed by atoms with Gasteiger partial charge < -0.3 is 4.57 Å². The Labute approximate surface area is 171 Å². The number of benzene rings is 3. The van der Waals surface area contributed by atoms with Crippen LogP contribution in [-0.2, 0) is 13.0 Å². The van der Waals surface area contributed by atoms with Gasteiger partial charge in [-0.25, -0.2) is 0 Å². The lowest BCUT2D eigenvalue weighted by atomic mass is 9.80. The Hall–Kier alpha value is -3.39. The summed E-state index contributed by atoms with van der Waals surface area (Å²) in [6, 6.07) is 31.2. The maximum Gasteiger partial charge on any atom is 0.165 e. The Morgan fingerprint density at radius 3 is 2.07 bits per heavy atom. The summed E-state index contributed by atoms with van der Waals surface area (Å²) in [6.07, 6.45) is 3.65. The first kappa shape index (κ1) is 17.7. The average Bonchev–Trinajstić information content (AvgIpc) is 3.14. The van der Waals surface area contributed by atoms with Crippen molar-refractivity contribution in [2.75, 3.05) is 0 Å². The minimum atomic E-state index is 0.240. The van der Waals surface area contributed by atoms with Gasteiger partial charge in [-0.05, 0) is 29.0 Å². The van der Waals surface area contributed by atoms with Gasteiger partial charge in [-0.15, -0.1) is 0 Å². The molecule has 0 N–H and O–H groups in total. The van der Waals surface area contributed by atoms with E-state index >= 15 is 0 Å². The molecular weight excluding hydrogens is 354 g/mol. The molecule has 4 aromatic rings. The molecule has 5 rings (SSSR count). The molecule has 1 heterocycles. The van der Waals surface area contributed by atoms with Crippen molar-refractivity contribution in [1.29, 1.82) is 0 Å². The van der Waals surface area contributed by atoms with Crippen molar-refractivity contribution in [3.63, 3.8) is 0 Å². The molecule has 1 aliphatic carbocycles. The van der Waals surface area contributed by atoms with Gasteiger partial charge in [-0.1, -0.05) is 91.0 Å². The van der Waals surface area contributed by atoms with Crippen molar-refractivity contribution in [1.82, 2.24) is 4.57 Å². The Balaban J connectivity index is 1.61. The molecule has 0 aliphatic heterocycles. The van der Waals surface area contributed by atoms with Gasteiger partial charge in [0, 0.05) is 36.0 Å². The second-order valence-corrected chi connectivity index (χ2v) is 7.78. The van der Waals surface area contributed by atoms with Gasteiger partial charge in [0.05, 0.1) is 0 Å². The summed E-state index contributed by atoms with van der Waals surface area (Å²) in [7, 11) is 0. The summed E-state index contributed by atoms with van der Waals surface area (Å²) in [5, 5.41) is 0. The number of hydrogen-bond donors (Lipinski definition) is 0. The Kier molecular flexibility index (Phi) is 4.61. The van der Waals surface area contributed by atoms with E-state index in [1.807, 2.05) is 30.3 Å². The summed E-state index contributed by atoms with van der Waals surface area (Å²) in [6.45, 7) is 0.783. The molecule has 1 aromatic heterocycles. The fourth-order valence-electron chi connectivity index (χ4n) is 4.48. The zero-order chi connectivity index (χ0) is 19.6. The molecule has 0 saturated heterocycles. The molecule has 29 heavy (non-hydrogen) atoms. The number of aromatic nitrogens is 1. The lowest BCUT2D eigenvalue weighted by Crippen LogP contribution is -2.21. The number of carbonyl (C=O) groups excluding carboxylic acids is 1. The van der Waals surface area contributed by atoms with E-state index in [0.29, 0.717) is 6.42 Å². The molecule has 2 heteroatoms. The molecule has 142 valence electrons. The van der Waals surface area contributed by atoms with E-state index in [9.17, 15) is 4.79 Å². The minimum Gasteiger partial charge on any atom is -0.346 e. The predicted molar refractivity (Wildman–Crippen MR) is 117 cm³/mol. The van der Waals surface area contributed by atoms with Gasteiger partial charge in [-0.2, -0.15) is 0 Å². The van der Waals surface area contributed by atoms with Crippen LogP contribution >= 0.6 is 0 Å². The zero-order valence-corrected chi connectivity index (χ0v) is 16.3. The predicted octanol–water partition coefficient (Wildman–Crippen LogP) is 6.12. The van der Waals surface area contributed by atoms with E-state index in [2.05, 4.69) is 71.4 Å². The minimum absolute atomic E-state index is 0.240. The van der Waals surface area contributed by atoms with Gasteiger partial charge in [0.25, 0.3) is 0 Å². The highest BCUT2D eigenvalue weighted by molar-refractivity contribution is 6.05. The van der Waals surface area contributed by atoms with Crippen LogP contribution in [0.1, 0.15) is 39.5 Å². The lowest BCUT2D eigenvalue weighted by Gasteiger charge is -2.24.